The van der Waals surface area contributed by atoms with Gasteiger partial charge in [-0.1, -0.05) is 23.8 Å². The number of carbonyl (C=O) groups is 1. The Kier molecular flexibility index (Phi) is 3.93. The van der Waals surface area contributed by atoms with E-state index in [9.17, 15) is 4.79 Å². The number of rotatable bonds is 3. The highest BCUT2D eigenvalue weighted by molar-refractivity contribution is 7.14. The van der Waals surface area contributed by atoms with Gasteiger partial charge in [-0.25, -0.2) is 4.98 Å². The highest BCUT2D eigenvalue weighted by Crippen LogP contribution is 2.27. The molecule has 0 aliphatic heterocycles. The molecule has 96 valence electrons. The van der Waals surface area contributed by atoms with Crippen LogP contribution in [0, 0.1) is 25.2 Å². The van der Waals surface area contributed by atoms with Crippen LogP contribution in [-0.4, -0.2) is 10.9 Å². The largest absolute Gasteiger partial charge is 0.301 e. The van der Waals surface area contributed by atoms with Gasteiger partial charge in [-0.2, -0.15) is 5.26 Å². The second-order valence-electron chi connectivity index (χ2n) is 4.24. The summed E-state index contributed by atoms with van der Waals surface area (Å²) in [7, 11) is 0. The Morgan fingerprint density at radius 3 is 2.95 bits per heavy atom. The van der Waals surface area contributed by atoms with E-state index in [1.165, 1.54) is 16.9 Å². The van der Waals surface area contributed by atoms with Crippen molar-refractivity contribution < 1.29 is 4.79 Å². The fourth-order valence-corrected chi connectivity index (χ4v) is 2.52. The van der Waals surface area contributed by atoms with Gasteiger partial charge in [-0.05, 0) is 19.4 Å². The van der Waals surface area contributed by atoms with Crippen molar-refractivity contribution in [3.63, 3.8) is 0 Å². The Morgan fingerprint density at radius 2 is 2.26 bits per heavy atom. The SMILES string of the molecule is Cc1ccc(-c2csc(NC(=O)CC#N)n2)c(C)c1. The Bertz CT molecular complexity index is 655. The number of nitrogens with zero attached hydrogens (tertiary/aromatic N) is 2. The topological polar surface area (TPSA) is 65.8 Å². The van der Waals surface area contributed by atoms with Crippen LogP contribution in [-0.2, 0) is 4.79 Å². The molecule has 0 unspecified atom stereocenters. The van der Waals surface area contributed by atoms with Crippen LogP contribution in [0.25, 0.3) is 11.3 Å². The molecular weight excluding hydrogens is 258 g/mol. The second-order valence-corrected chi connectivity index (χ2v) is 5.10. The van der Waals surface area contributed by atoms with Crippen molar-refractivity contribution in [3.8, 4) is 17.3 Å². The Morgan fingerprint density at radius 1 is 1.47 bits per heavy atom. The molecule has 0 atom stereocenters. The van der Waals surface area contributed by atoms with Crippen LogP contribution in [0.4, 0.5) is 5.13 Å². The number of hydrogen-bond donors (Lipinski definition) is 1. The van der Waals surface area contributed by atoms with Crippen molar-refractivity contribution in [1.29, 1.82) is 5.26 Å². The second kappa shape index (κ2) is 5.63. The molecule has 19 heavy (non-hydrogen) atoms. The molecule has 0 radical (unpaired) electrons. The maximum atomic E-state index is 11.3. The van der Waals surface area contributed by atoms with Gasteiger partial charge < -0.3 is 5.32 Å². The van der Waals surface area contributed by atoms with Crippen LogP contribution in [0.1, 0.15) is 17.5 Å². The van der Waals surface area contributed by atoms with Crippen LogP contribution in [0.5, 0.6) is 0 Å². The van der Waals surface area contributed by atoms with E-state index < -0.39 is 0 Å². The number of aryl methyl sites for hydroxylation is 2. The molecule has 0 saturated carbocycles. The summed E-state index contributed by atoms with van der Waals surface area (Å²) in [5.41, 5.74) is 4.26. The lowest BCUT2D eigenvalue weighted by Gasteiger charge is -2.03. The number of carbonyl (C=O) groups excluding carboxylic acids is 1. The van der Waals surface area contributed by atoms with E-state index in [2.05, 4.69) is 16.4 Å². The van der Waals surface area contributed by atoms with E-state index in [0.717, 1.165) is 16.8 Å². The summed E-state index contributed by atoms with van der Waals surface area (Å²) in [4.78, 5) is 15.7. The molecular formula is C14H13N3OS. The number of amides is 1. The van der Waals surface area contributed by atoms with Crippen molar-refractivity contribution >= 4 is 22.4 Å². The molecule has 1 N–H and O–H groups in total. The molecule has 4 nitrogen and oxygen atoms in total. The monoisotopic (exact) mass is 271 g/mol. The van der Waals surface area contributed by atoms with Crippen LogP contribution in [0.15, 0.2) is 23.6 Å². The molecule has 0 bridgehead atoms. The molecule has 1 aromatic carbocycles. The number of thiazole rings is 1. The molecule has 0 aliphatic rings. The zero-order valence-corrected chi connectivity index (χ0v) is 11.5. The van der Waals surface area contributed by atoms with Gasteiger partial charge >= 0.3 is 0 Å². The molecule has 5 heteroatoms. The van der Waals surface area contributed by atoms with Gasteiger partial charge in [0.1, 0.15) is 6.42 Å². The highest BCUT2D eigenvalue weighted by Gasteiger charge is 2.09. The lowest BCUT2D eigenvalue weighted by Crippen LogP contribution is -2.09. The van der Waals surface area contributed by atoms with Gasteiger partial charge in [0.05, 0.1) is 11.8 Å². The van der Waals surface area contributed by atoms with Crippen molar-refractivity contribution in [2.45, 2.75) is 20.3 Å². The number of nitrogens with one attached hydrogen (secondary N) is 1. The van der Waals surface area contributed by atoms with E-state index in [-0.39, 0.29) is 12.3 Å². The molecule has 0 saturated heterocycles. The van der Waals surface area contributed by atoms with Gasteiger partial charge in [0.25, 0.3) is 0 Å². The van der Waals surface area contributed by atoms with E-state index in [4.69, 9.17) is 5.26 Å². The van der Waals surface area contributed by atoms with Crippen LogP contribution >= 0.6 is 11.3 Å². The van der Waals surface area contributed by atoms with Crippen molar-refractivity contribution in [1.82, 2.24) is 4.98 Å². The Labute approximate surface area is 115 Å². The van der Waals surface area contributed by atoms with E-state index in [0.29, 0.717) is 5.13 Å². The first-order valence-corrected chi connectivity index (χ1v) is 6.68. The molecule has 0 spiro atoms. The van der Waals surface area contributed by atoms with Gasteiger partial charge in [0.15, 0.2) is 5.13 Å². The average Bonchev–Trinajstić information content (AvgIpc) is 2.77. The van der Waals surface area contributed by atoms with E-state index in [1.807, 2.05) is 31.4 Å². The Balaban J connectivity index is 2.21. The van der Waals surface area contributed by atoms with Gasteiger partial charge in [-0.15, -0.1) is 11.3 Å². The fraction of sp³-hybridized carbons (Fsp3) is 0.214. The number of aromatic nitrogens is 1. The molecule has 1 amide bonds. The van der Waals surface area contributed by atoms with Crippen molar-refractivity contribution in [2.75, 3.05) is 5.32 Å². The lowest BCUT2D eigenvalue weighted by atomic mass is 10.0. The summed E-state index contributed by atoms with van der Waals surface area (Å²) in [5.74, 6) is -0.330. The third-order valence-electron chi connectivity index (χ3n) is 2.65. The predicted octanol–water partition coefficient (Wildman–Crippen LogP) is 3.28. The smallest absolute Gasteiger partial charge is 0.240 e. The van der Waals surface area contributed by atoms with Crippen molar-refractivity contribution in [2.24, 2.45) is 0 Å². The summed E-state index contributed by atoms with van der Waals surface area (Å²) < 4.78 is 0. The normalized spacial score (nSPS) is 9.95. The van der Waals surface area contributed by atoms with Crippen LogP contribution < -0.4 is 5.32 Å². The standard InChI is InChI=1S/C14H13N3OS/c1-9-3-4-11(10(2)7-9)12-8-19-14(16-12)17-13(18)5-6-15/h3-4,7-8H,5H2,1-2H3,(H,16,17,18). The molecule has 2 rings (SSSR count). The number of hydrogen-bond acceptors (Lipinski definition) is 4. The van der Waals surface area contributed by atoms with E-state index >= 15 is 0 Å². The van der Waals surface area contributed by atoms with E-state index in [1.54, 1.807) is 6.07 Å². The first-order chi connectivity index (χ1) is 9.10. The zero-order chi connectivity index (χ0) is 13.8. The first kappa shape index (κ1) is 13.2. The molecule has 1 aromatic heterocycles. The first-order valence-electron chi connectivity index (χ1n) is 5.80. The summed E-state index contributed by atoms with van der Waals surface area (Å²) in [6.07, 6.45) is -0.154. The molecule has 0 fully saturated rings. The molecule has 1 heterocycles. The minimum Gasteiger partial charge on any atom is -0.301 e. The molecule has 2 aromatic rings. The predicted molar refractivity (Wildman–Crippen MR) is 75.9 cm³/mol. The highest BCUT2D eigenvalue weighted by atomic mass is 32.1. The summed E-state index contributed by atoms with van der Waals surface area (Å²) in [6, 6.07) is 7.97. The maximum Gasteiger partial charge on any atom is 0.240 e. The van der Waals surface area contributed by atoms with Crippen LogP contribution in [0.3, 0.4) is 0 Å². The average molecular weight is 271 g/mol. The van der Waals surface area contributed by atoms with Gasteiger partial charge in [0.2, 0.25) is 5.91 Å². The minimum atomic E-state index is -0.330. The summed E-state index contributed by atoms with van der Waals surface area (Å²) >= 11 is 1.36. The Hall–Kier alpha value is -2.19. The summed E-state index contributed by atoms with van der Waals surface area (Å²) in [5, 5.41) is 13.5. The van der Waals surface area contributed by atoms with Gasteiger partial charge in [0, 0.05) is 10.9 Å². The number of benzene rings is 1. The number of anilines is 1. The van der Waals surface area contributed by atoms with Gasteiger partial charge in [-0.3, -0.25) is 4.79 Å². The minimum absolute atomic E-state index is 0.154. The maximum absolute atomic E-state index is 11.3. The van der Waals surface area contributed by atoms with Crippen LogP contribution in [0.2, 0.25) is 0 Å². The third kappa shape index (κ3) is 3.18. The summed E-state index contributed by atoms with van der Waals surface area (Å²) in [6.45, 7) is 4.08. The quantitative estimate of drug-likeness (QED) is 0.931. The molecule has 0 aliphatic carbocycles. The third-order valence-corrected chi connectivity index (χ3v) is 3.41. The lowest BCUT2D eigenvalue weighted by molar-refractivity contribution is -0.115. The number of nitriles is 1. The zero-order valence-electron chi connectivity index (χ0n) is 10.7. The van der Waals surface area contributed by atoms with Crippen molar-refractivity contribution in [3.05, 3.63) is 34.7 Å². The fourth-order valence-electron chi connectivity index (χ4n) is 1.79.